The van der Waals surface area contributed by atoms with Crippen LogP contribution in [0.4, 0.5) is 0 Å². The topological polar surface area (TPSA) is 0 Å². The van der Waals surface area contributed by atoms with Crippen molar-refractivity contribution in [2.45, 2.75) is 0 Å². The molecule has 0 saturated carbocycles. The van der Waals surface area contributed by atoms with Gasteiger partial charge in [-0.1, -0.05) is 243 Å². The van der Waals surface area contributed by atoms with Gasteiger partial charge in [-0.25, -0.2) is 0 Å². The molecule has 2 aromatic heterocycles. The van der Waals surface area contributed by atoms with Crippen molar-refractivity contribution in [3.05, 3.63) is 279 Å². The lowest BCUT2D eigenvalue weighted by Crippen LogP contribution is -1.93. The first kappa shape index (κ1) is 44.8. The Morgan fingerprint density at radius 2 is 0.564 bits per heavy atom. The first-order chi connectivity index (χ1) is 38.7. The summed E-state index contributed by atoms with van der Waals surface area (Å²) in [6, 6.07) is 104. The van der Waals surface area contributed by atoms with Crippen LogP contribution in [0.15, 0.2) is 279 Å². The van der Waals surface area contributed by atoms with Gasteiger partial charge in [0.2, 0.25) is 0 Å². The Labute approximate surface area is 460 Å². The van der Waals surface area contributed by atoms with Crippen LogP contribution in [-0.4, -0.2) is 0 Å². The fourth-order valence-electron chi connectivity index (χ4n) is 12.8. The van der Waals surface area contributed by atoms with E-state index < -0.39 is 0 Å². The molecule has 0 N–H and O–H groups in total. The monoisotopic (exact) mass is 1020 g/mol. The molecule has 0 saturated heterocycles. The van der Waals surface area contributed by atoms with E-state index in [1.54, 1.807) is 0 Å². The molecule has 0 aliphatic heterocycles. The second kappa shape index (κ2) is 18.1. The number of hydrogen-bond acceptors (Lipinski definition) is 2. The Bertz CT molecular complexity index is 5060. The van der Waals surface area contributed by atoms with Crippen LogP contribution >= 0.6 is 22.7 Å². The maximum Gasteiger partial charge on any atom is 0.0434 e. The SMILES string of the molecule is c1ccc(-c2ccc(-c3c4ccccc4c(-c4cccc5c4sc4ccccc45)c4cc(-c5ccc6c(-c7cccc(-c8ccccc8)c7)c7ccccc7c(-c7cccc8sc9ccccc9c78)c6c5)ccc34)cc2)cc1. The van der Waals surface area contributed by atoms with Crippen molar-refractivity contribution in [1.29, 1.82) is 0 Å². The van der Waals surface area contributed by atoms with E-state index >= 15 is 0 Å². The summed E-state index contributed by atoms with van der Waals surface area (Å²) in [5.41, 5.74) is 17.2. The van der Waals surface area contributed by atoms with E-state index in [0.717, 1.165) is 0 Å². The minimum atomic E-state index is 1.18. The van der Waals surface area contributed by atoms with Gasteiger partial charge in [0.05, 0.1) is 0 Å². The van der Waals surface area contributed by atoms with E-state index in [0.29, 0.717) is 0 Å². The minimum absolute atomic E-state index is 1.18. The molecule has 16 aromatic rings. The number of rotatable bonds is 7. The van der Waals surface area contributed by atoms with Gasteiger partial charge in [0.25, 0.3) is 0 Å². The van der Waals surface area contributed by atoms with Crippen LogP contribution in [0, 0.1) is 0 Å². The summed E-state index contributed by atoms with van der Waals surface area (Å²) in [5.74, 6) is 0. The van der Waals surface area contributed by atoms with Gasteiger partial charge in [0, 0.05) is 45.9 Å². The van der Waals surface area contributed by atoms with Crippen LogP contribution in [0.5, 0.6) is 0 Å². The van der Waals surface area contributed by atoms with Crippen molar-refractivity contribution in [3.63, 3.8) is 0 Å². The predicted octanol–water partition coefficient (Wildman–Crippen LogP) is 22.7. The summed E-state index contributed by atoms with van der Waals surface area (Å²) in [4.78, 5) is 0. The molecule has 2 heteroatoms. The van der Waals surface area contributed by atoms with Gasteiger partial charge >= 0.3 is 0 Å². The fraction of sp³-hybridized carbons (Fsp3) is 0. The zero-order valence-corrected chi connectivity index (χ0v) is 44.0. The molecule has 2 heterocycles. The zero-order chi connectivity index (χ0) is 51.3. The number of fused-ring (bicyclic) bond motifs is 10. The maximum atomic E-state index is 2.51. The van der Waals surface area contributed by atoms with E-state index in [2.05, 4.69) is 279 Å². The third kappa shape index (κ3) is 7.11. The smallest absolute Gasteiger partial charge is 0.0434 e. The van der Waals surface area contributed by atoms with Gasteiger partial charge in [0.1, 0.15) is 0 Å². The average molecular weight is 1020 g/mol. The number of thiophene rings is 2. The van der Waals surface area contributed by atoms with Gasteiger partial charge in [0.15, 0.2) is 0 Å². The third-order valence-corrected chi connectivity index (χ3v) is 18.6. The first-order valence-corrected chi connectivity index (χ1v) is 28.4. The first-order valence-electron chi connectivity index (χ1n) is 26.8. The molecule has 0 unspecified atom stereocenters. The Balaban J connectivity index is 0.993. The summed E-state index contributed by atoms with van der Waals surface area (Å²) in [6.07, 6.45) is 0. The molecule has 78 heavy (non-hydrogen) atoms. The minimum Gasteiger partial charge on any atom is -0.135 e. The van der Waals surface area contributed by atoms with Crippen molar-refractivity contribution < 1.29 is 0 Å². The summed E-state index contributed by atoms with van der Waals surface area (Å²) < 4.78 is 5.23. The molecule has 0 amide bonds. The quantitative estimate of drug-likeness (QED) is 0.140. The van der Waals surface area contributed by atoms with Crippen LogP contribution < -0.4 is 0 Å². The van der Waals surface area contributed by atoms with Gasteiger partial charge in [-0.2, -0.15) is 0 Å². The highest BCUT2D eigenvalue weighted by molar-refractivity contribution is 7.26. The Morgan fingerprint density at radius 1 is 0.179 bits per heavy atom. The Kier molecular flexibility index (Phi) is 10.4. The van der Waals surface area contributed by atoms with Crippen molar-refractivity contribution >= 4 is 106 Å². The average Bonchev–Trinajstić information content (AvgIpc) is 4.14. The molecule has 0 fully saturated rings. The highest BCUT2D eigenvalue weighted by Gasteiger charge is 2.24. The summed E-state index contributed by atoms with van der Waals surface area (Å²) in [7, 11) is 0. The standard InChI is InChI=1S/C76H46S2/c1-3-18-47(19-4-1)49-36-38-50(39-37-49)71-56-25-7-10-28-59(56)74(65-32-16-30-62-55-24-11-13-33-68(55)78-76(62)65)67-46-53(40-42-60(67)71)52-41-43-61-66(45-52)73(64-31-17-35-70-75(64)63-29-12-14-34-69(63)77-70)58-27-9-8-26-57(58)72(61)54-23-15-22-51(44-54)48-20-5-2-6-21-48/h1-46H. The lowest BCUT2D eigenvalue weighted by atomic mass is 9.82. The highest BCUT2D eigenvalue weighted by atomic mass is 32.1. The second-order valence-electron chi connectivity index (χ2n) is 20.6. The number of hydrogen-bond donors (Lipinski definition) is 0. The van der Waals surface area contributed by atoms with Crippen LogP contribution in [0.3, 0.4) is 0 Å². The molecule has 0 aliphatic carbocycles. The summed E-state index contributed by atoms with van der Waals surface area (Å²) in [6.45, 7) is 0. The summed E-state index contributed by atoms with van der Waals surface area (Å²) in [5, 5.41) is 15.2. The van der Waals surface area contributed by atoms with Crippen molar-refractivity contribution in [2.24, 2.45) is 0 Å². The van der Waals surface area contributed by atoms with Crippen molar-refractivity contribution in [2.75, 3.05) is 0 Å². The fourth-order valence-corrected chi connectivity index (χ4v) is 15.1. The molecule has 0 bridgehead atoms. The van der Waals surface area contributed by atoms with E-state index in [1.807, 2.05) is 22.7 Å². The van der Waals surface area contributed by atoms with Gasteiger partial charge < -0.3 is 0 Å². The predicted molar refractivity (Wildman–Crippen MR) is 340 cm³/mol. The largest absolute Gasteiger partial charge is 0.135 e. The molecular formula is C76H46S2. The van der Waals surface area contributed by atoms with E-state index in [4.69, 9.17) is 0 Å². The number of benzene rings is 14. The van der Waals surface area contributed by atoms with Crippen LogP contribution in [0.1, 0.15) is 0 Å². The van der Waals surface area contributed by atoms with E-state index in [-0.39, 0.29) is 0 Å². The molecule has 0 radical (unpaired) electrons. The van der Waals surface area contributed by atoms with Gasteiger partial charge in [-0.15, -0.1) is 22.7 Å². The van der Waals surface area contributed by atoms with Crippen LogP contribution in [0.2, 0.25) is 0 Å². The van der Waals surface area contributed by atoms with Crippen LogP contribution in [-0.2, 0) is 0 Å². The molecule has 0 spiro atoms. The van der Waals surface area contributed by atoms with Crippen molar-refractivity contribution in [1.82, 2.24) is 0 Å². The Hall–Kier alpha value is -9.44. The van der Waals surface area contributed by atoms with Gasteiger partial charge in [-0.05, 0) is 152 Å². The zero-order valence-electron chi connectivity index (χ0n) is 42.4. The molecule has 0 nitrogen and oxygen atoms in total. The molecule has 362 valence electrons. The lowest BCUT2D eigenvalue weighted by Gasteiger charge is -2.21. The van der Waals surface area contributed by atoms with E-state index in [9.17, 15) is 0 Å². The van der Waals surface area contributed by atoms with Gasteiger partial charge in [-0.3, -0.25) is 0 Å². The van der Waals surface area contributed by atoms with Crippen LogP contribution in [0.25, 0.3) is 161 Å². The molecule has 0 atom stereocenters. The maximum absolute atomic E-state index is 2.51. The molecule has 16 rings (SSSR count). The molecule has 0 aliphatic rings. The highest BCUT2D eigenvalue weighted by Crippen LogP contribution is 2.52. The summed E-state index contributed by atoms with van der Waals surface area (Å²) >= 11 is 3.79. The Morgan fingerprint density at radius 3 is 1.22 bits per heavy atom. The lowest BCUT2D eigenvalue weighted by molar-refractivity contribution is 1.61. The second-order valence-corrected chi connectivity index (χ2v) is 22.7. The normalized spacial score (nSPS) is 11.8. The molecule has 14 aromatic carbocycles. The van der Waals surface area contributed by atoms with Crippen molar-refractivity contribution in [3.8, 4) is 77.9 Å². The molecular weight excluding hydrogens is 977 g/mol. The third-order valence-electron chi connectivity index (χ3n) is 16.3. The van der Waals surface area contributed by atoms with E-state index in [1.165, 1.54) is 161 Å².